The SMILES string of the molecule is COc1ccc(F)cc1CCC1CC[C@@H](CC#N)O1. The Kier molecular flexibility index (Phi) is 4.75. The summed E-state index contributed by atoms with van der Waals surface area (Å²) in [5, 5.41) is 8.63. The number of nitriles is 1. The fraction of sp³-hybridized carbons (Fsp3) is 0.533. The molecule has 1 aliphatic heterocycles. The molecular formula is C15H18FNO2. The first-order valence-corrected chi connectivity index (χ1v) is 6.57. The van der Waals surface area contributed by atoms with Crippen molar-refractivity contribution in [2.24, 2.45) is 0 Å². The van der Waals surface area contributed by atoms with Crippen LogP contribution in [-0.4, -0.2) is 19.3 Å². The highest BCUT2D eigenvalue weighted by molar-refractivity contribution is 5.34. The van der Waals surface area contributed by atoms with Gasteiger partial charge in [0.25, 0.3) is 0 Å². The lowest BCUT2D eigenvalue weighted by Crippen LogP contribution is -2.11. The van der Waals surface area contributed by atoms with Crippen LogP contribution >= 0.6 is 0 Å². The van der Waals surface area contributed by atoms with Crippen LogP contribution in [0.15, 0.2) is 18.2 Å². The van der Waals surface area contributed by atoms with E-state index in [0.29, 0.717) is 12.2 Å². The third kappa shape index (κ3) is 3.68. The highest BCUT2D eigenvalue weighted by Crippen LogP contribution is 2.27. The van der Waals surface area contributed by atoms with Crippen LogP contribution in [0.2, 0.25) is 0 Å². The van der Waals surface area contributed by atoms with Gasteiger partial charge in [-0.05, 0) is 49.4 Å². The van der Waals surface area contributed by atoms with Gasteiger partial charge in [0, 0.05) is 0 Å². The van der Waals surface area contributed by atoms with Crippen molar-refractivity contribution >= 4 is 0 Å². The van der Waals surface area contributed by atoms with E-state index >= 15 is 0 Å². The summed E-state index contributed by atoms with van der Waals surface area (Å²) < 4.78 is 24.2. The highest BCUT2D eigenvalue weighted by atomic mass is 19.1. The Balaban J connectivity index is 1.89. The van der Waals surface area contributed by atoms with E-state index < -0.39 is 0 Å². The average Bonchev–Trinajstić information content (AvgIpc) is 2.85. The van der Waals surface area contributed by atoms with Crippen LogP contribution in [0, 0.1) is 17.1 Å². The Labute approximate surface area is 112 Å². The number of ether oxygens (including phenoxy) is 2. The lowest BCUT2D eigenvalue weighted by atomic mass is 10.0. The number of hydrogen-bond donors (Lipinski definition) is 0. The minimum atomic E-state index is -0.245. The van der Waals surface area contributed by atoms with Crippen molar-refractivity contribution in [3.63, 3.8) is 0 Å². The average molecular weight is 263 g/mol. The monoisotopic (exact) mass is 263 g/mol. The van der Waals surface area contributed by atoms with Crippen molar-refractivity contribution in [1.82, 2.24) is 0 Å². The smallest absolute Gasteiger partial charge is 0.123 e. The molecule has 0 N–H and O–H groups in total. The third-order valence-electron chi connectivity index (χ3n) is 3.49. The molecule has 1 unspecified atom stereocenters. The first-order chi connectivity index (χ1) is 9.22. The Morgan fingerprint density at radius 2 is 2.21 bits per heavy atom. The molecule has 0 aliphatic carbocycles. The van der Waals surface area contributed by atoms with E-state index in [-0.39, 0.29) is 18.0 Å². The molecule has 1 aromatic carbocycles. The van der Waals surface area contributed by atoms with E-state index in [4.69, 9.17) is 14.7 Å². The summed E-state index contributed by atoms with van der Waals surface area (Å²) in [4.78, 5) is 0. The van der Waals surface area contributed by atoms with E-state index in [0.717, 1.165) is 31.2 Å². The molecule has 2 atom stereocenters. The van der Waals surface area contributed by atoms with Gasteiger partial charge in [0.15, 0.2) is 0 Å². The normalized spacial score (nSPS) is 22.2. The maximum Gasteiger partial charge on any atom is 0.123 e. The minimum Gasteiger partial charge on any atom is -0.496 e. The Bertz CT molecular complexity index is 470. The summed E-state index contributed by atoms with van der Waals surface area (Å²) in [6.45, 7) is 0. The van der Waals surface area contributed by atoms with Crippen LogP contribution in [-0.2, 0) is 11.2 Å². The zero-order chi connectivity index (χ0) is 13.7. The Morgan fingerprint density at radius 1 is 1.42 bits per heavy atom. The summed E-state index contributed by atoms with van der Waals surface area (Å²) in [5.41, 5.74) is 0.870. The second-order valence-corrected chi connectivity index (χ2v) is 4.81. The zero-order valence-electron chi connectivity index (χ0n) is 11.1. The molecule has 1 fully saturated rings. The second kappa shape index (κ2) is 6.53. The van der Waals surface area contributed by atoms with Crippen LogP contribution in [0.25, 0.3) is 0 Å². The molecule has 0 bridgehead atoms. The summed E-state index contributed by atoms with van der Waals surface area (Å²) in [6, 6.07) is 6.70. The number of benzene rings is 1. The van der Waals surface area contributed by atoms with Gasteiger partial charge in [-0.1, -0.05) is 0 Å². The molecule has 1 aliphatic rings. The van der Waals surface area contributed by atoms with Crippen LogP contribution < -0.4 is 4.74 Å². The molecule has 1 saturated heterocycles. The van der Waals surface area contributed by atoms with Crippen LogP contribution in [0.5, 0.6) is 5.75 Å². The molecule has 1 aromatic rings. The van der Waals surface area contributed by atoms with Gasteiger partial charge in [0.2, 0.25) is 0 Å². The molecule has 3 nitrogen and oxygen atoms in total. The molecule has 0 radical (unpaired) electrons. The fourth-order valence-electron chi connectivity index (χ4n) is 2.50. The predicted molar refractivity (Wildman–Crippen MR) is 69.4 cm³/mol. The maximum atomic E-state index is 13.2. The molecular weight excluding hydrogens is 245 g/mol. The summed E-state index contributed by atoms with van der Waals surface area (Å²) in [5.74, 6) is 0.471. The zero-order valence-corrected chi connectivity index (χ0v) is 11.1. The molecule has 1 heterocycles. The van der Waals surface area contributed by atoms with Crippen molar-refractivity contribution in [2.45, 2.75) is 44.3 Å². The minimum absolute atomic E-state index is 0.0735. The van der Waals surface area contributed by atoms with Gasteiger partial charge in [0.05, 0.1) is 31.8 Å². The van der Waals surface area contributed by atoms with E-state index in [9.17, 15) is 4.39 Å². The van der Waals surface area contributed by atoms with Crippen LogP contribution in [0.1, 0.15) is 31.2 Å². The number of hydrogen-bond acceptors (Lipinski definition) is 3. The molecule has 19 heavy (non-hydrogen) atoms. The molecule has 0 spiro atoms. The van der Waals surface area contributed by atoms with E-state index in [1.165, 1.54) is 12.1 Å². The van der Waals surface area contributed by atoms with Gasteiger partial charge in [-0.15, -0.1) is 0 Å². The standard InChI is InChI=1S/C15H18FNO2/c1-18-15-7-3-12(16)10-11(15)2-4-13-5-6-14(19-13)8-9-17/h3,7,10,13-14H,2,4-6,8H2,1H3/t13?,14-/m0/s1. The van der Waals surface area contributed by atoms with Crippen molar-refractivity contribution in [3.05, 3.63) is 29.6 Å². The first kappa shape index (κ1) is 13.8. The van der Waals surface area contributed by atoms with E-state index in [1.54, 1.807) is 13.2 Å². The fourth-order valence-corrected chi connectivity index (χ4v) is 2.50. The number of halogens is 1. The molecule has 102 valence electrons. The lowest BCUT2D eigenvalue weighted by molar-refractivity contribution is 0.0435. The quantitative estimate of drug-likeness (QED) is 0.819. The van der Waals surface area contributed by atoms with Gasteiger partial charge >= 0.3 is 0 Å². The summed E-state index contributed by atoms with van der Waals surface area (Å²) in [6.07, 6.45) is 4.19. The van der Waals surface area contributed by atoms with Crippen molar-refractivity contribution < 1.29 is 13.9 Å². The topological polar surface area (TPSA) is 42.2 Å². The predicted octanol–water partition coefficient (Wildman–Crippen LogP) is 3.23. The lowest BCUT2D eigenvalue weighted by Gasteiger charge is -2.13. The van der Waals surface area contributed by atoms with Crippen LogP contribution in [0.3, 0.4) is 0 Å². The third-order valence-corrected chi connectivity index (χ3v) is 3.49. The van der Waals surface area contributed by atoms with Gasteiger partial charge < -0.3 is 9.47 Å². The van der Waals surface area contributed by atoms with Gasteiger partial charge in [-0.3, -0.25) is 0 Å². The molecule has 0 amide bonds. The van der Waals surface area contributed by atoms with Gasteiger partial charge in [-0.25, -0.2) is 4.39 Å². The van der Waals surface area contributed by atoms with E-state index in [2.05, 4.69) is 6.07 Å². The molecule has 2 rings (SSSR count). The number of nitrogens with zero attached hydrogens (tertiary/aromatic N) is 1. The highest BCUT2D eigenvalue weighted by Gasteiger charge is 2.24. The first-order valence-electron chi connectivity index (χ1n) is 6.57. The summed E-state index contributed by atoms with van der Waals surface area (Å²) in [7, 11) is 1.59. The largest absolute Gasteiger partial charge is 0.496 e. The Morgan fingerprint density at radius 3 is 2.95 bits per heavy atom. The second-order valence-electron chi connectivity index (χ2n) is 4.81. The van der Waals surface area contributed by atoms with Crippen molar-refractivity contribution in [3.8, 4) is 11.8 Å². The number of rotatable bonds is 5. The van der Waals surface area contributed by atoms with Crippen molar-refractivity contribution in [1.29, 1.82) is 5.26 Å². The van der Waals surface area contributed by atoms with E-state index in [1.807, 2.05) is 0 Å². The number of aryl methyl sites for hydroxylation is 1. The van der Waals surface area contributed by atoms with Crippen LogP contribution in [0.4, 0.5) is 4.39 Å². The van der Waals surface area contributed by atoms with Gasteiger partial charge in [-0.2, -0.15) is 5.26 Å². The van der Waals surface area contributed by atoms with Gasteiger partial charge in [0.1, 0.15) is 11.6 Å². The molecule has 0 aromatic heterocycles. The molecule has 4 heteroatoms. The van der Waals surface area contributed by atoms with Crippen molar-refractivity contribution in [2.75, 3.05) is 7.11 Å². The Hall–Kier alpha value is -1.60. The number of methoxy groups -OCH3 is 1. The molecule has 0 saturated carbocycles. The summed E-state index contributed by atoms with van der Waals surface area (Å²) >= 11 is 0. The maximum absolute atomic E-state index is 13.2.